The summed E-state index contributed by atoms with van der Waals surface area (Å²) in [7, 11) is 1.69. The van der Waals surface area contributed by atoms with E-state index >= 15 is 0 Å². The van der Waals surface area contributed by atoms with Crippen LogP contribution < -0.4 is 15.0 Å². The number of benzene rings is 1. The van der Waals surface area contributed by atoms with Gasteiger partial charge in [0.15, 0.2) is 0 Å². The quantitative estimate of drug-likeness (QED) is 0.604. The molecule has 7 rings (SSSR count). The molecule has 8 heteroatoms. The topological polar surface area (TPSA) is 70.6 Å². The molecule has 5 fully saturated rings. The number of hydrogen-bond acceptors (Lipinski definition) is 7. The zero-order valence-electron chi connectivity index (χ0n) is 20.7. The largest absolute Gasteiger partial charge is 0.497 e. The van der Waals surface area contributed by atoms with Gasteiger partial charge in [-0.3, -0.25) is 9.69 Å². The molecule has 0 spiro atoms. The molecule has 4 saturated carbocycles. The summed E-state index contributed by atoms with van der Waals surface area (Å²) in [6, 6.07) is 8.09. The number of hydrogen-bond donors (Lipinski definition) is 1. The first kappa shape index (κ1) is 23.2. The molecule has 1 aromatic carbocycles. The predicted octanol–water partition coefficient (Wildman–Crippen LogP) is 3.59. The minimum Gasteiger partial charge on any atom is -0.497 e. The number of anilines is 1. The minimum absolute atomic E-state index is 0.0339. The van der Waals surface area contributed by atoms with Crippen LogP contribution in [0, 0.1) is 23.2 Å². The van der Waals surface area contributed by atoms with Gasteiger partial charge in [-0.05, 0) is 74.0 Å². The van der Waals surface area contributed by atoms with Crippen molar-refractivity contribution in [3.63, 3.8) is 0 Å². The minimum atomic E-state index is -0.0339. The lowest BCUT2D eigenvalue weighted by Crippen LogP contribution is -2.54. The van der Waals surface area contributed by atoms with Crippen LogP contribution in [-0.2, 0) is 11.2 Å². The van der Waals surface area contributed by atoms with E-state index in [1.165, 1.54) is 30.8 Å². The lowest BCUT2D eigenvalue weighted by Gasteiger charge is -2.55. The van der Waals surface area contributed by atoms with Crippen molar-refractivity contribution >= 4 is 22.6 Å². The average molecular weight is 496 g/mol. The van der Waals surface area contributed by atoms with Gasteiger partial charge >= 0.3 is 0 Å². The van der Waals surface area contributed by atoms with E-state index < -0.39 is 0 Å². The number of nitrogens with zero attached hydrogens (tertiary/aromatic N) is 4. The molecular formula is C27H37N5O2S. The summed E-state index contributed by atoms with van der Waals surface area (Å²) in [4.78, 5) is 22.8. The van der Waals surface area contributed by atoms with Crippen LogP contribution >= 0.6 is 11.5 Å². The van der Waals surface area contributed by atoms with Crippen LogP contribution in [0.3, 0.4) is 0 Å². The van der Waals surface area contributed by atoms with E-state index in [2.05, 4.69) is 25.6 Å². The summed E-state index contributed by atoms with van der Waals surface area (Å²) in [5.74, 6) is 4.54. The molecule has 2 aromatic rings. The highest BCUT2D eigenvalue weighted by Crippen LogP contribution is 2.60. The normalized spacial score (nSPS) is 30.0. The van der Waals surface area contributed by atoms with E-state index in [0.717, 1.165) is 105 Å². The molecule has 0 atom stereocenters. The fraction of sp³-hybridized carbons (Fsp3) is 0.667. The fourth-order valence-corrected chi connectivity index (χ4v) is 8.21. The second kappa shape index (κ2) is 9.69. The van der Waals surface area contributed by atoms with Crippen LogP contribution in [0.1, 0.15) is 49.9 Å². The third kappa shape index (κ3) is 4.92. The summed E-state index contributed by atoms with van der Waals surface area (Å²) >= 11 is 1.49. The Morgan fingerprint density at radius 2 is 1.83 bits per heavy atom. The molecule has 0 radical (unpaired) electrons. The molecule has 35 heavy (non-hydrogen) atoms. The van der Waals surface area contributed by atoms with Gasteiger partial charge in [-0.1, -0.05) is 12.1 Å². The van der Waals surface area contributed by atoms with Crippen molar-refractivity contribution in [3.05, 3.63) is 35.7 Å². The summed E-state index contributed by atoms with van der Waals surface area (Å²) in [5, 5.41) is 4.35. The van der Waals surface area contributed by atoms with Crippen molar-refractivity contribution in [2.45, 2.75) is 44.9 Å². The number of rotatable bonds is 8. The molecule has 188 valence electrons. The Balaban J connectivity index is 0.950. The Labute approximate surface area is 212 Å². The second-order valence-corrected chi connectivity index (χ2v) is 12.0. The maximum atomic E-state index is 13.2. The molecule has 5 aliphatic rings. The van der Waals surface area contributed by atoms with E-state index in [0.29, 0.717) is 5.91 Å². The van der Waals surface area contributed by atoms with Gasteiger partial charge in [-0.2, -0.15) is 4.37 Å². The van der Waals surface area contributed by atoms with Crippen LogP contribution in [0.25, 0.3) is 0 Å². The maximum Gasteiger partial charge on any atom is 0.226 e. The molecule has 1 aliphatic heterocycles. The highest BCUT2D eigenvalue weighted by Gasteiger charge is 2.54. The van der Waals surface area contributed by atoms with Crippen LogP contribution in [0.15, 0.2) is 24.3 Å². The molecule has 4 aliphatic carbocycles. The maximum absolute atomic E-state index is 13.2. The zero-order chi connectivity index (χ0) is 23.8. The molecule has 7 nitrogen and oxygen atoms in total. The van der Waals surface area contributed by atoms with Gasteiger partial charge in [0.05, 0.1) is 7.11 Å². The van der Waals surface area contributed by atoms with E-state index in [9.17, 15) is 4.79 Å². The van der Waals surface area contributed by atoms with Crippen molar-refractivity contribution in [2.24, 2.45) is 23.2 Å². The van der Waals surface area contributed by atoms with Crippen LogP contribution in [0.4, 0.5) is 5.13 Å². The Bertz CT molecular complexity index is 1010. The average Bonchev–Trinajstić information content (AvgIpc) is 3.32. The van der Waals surface area contributed by atoms with Crippen LogP contribution in [0.2, 0.25) is 0 Å². The molecule has 1 saturated heterocycles. The standard InChI is InChI=1S/C27H37N5O2S/c1-34-23-4-2-3-19(14-23)15-24-29-26(35-30-24)32-9-7-31(8-10-32)6-5-28-25(33)27-16-20-11-21(17-27)13-22(12-20)18-27/h2-4,14,20-22H,5-13,15-18H2,1H3,(H,28,33). The molecule has 1 N–H and O–H groups in total. The Morgan fingerprint density at radius 3 is 2.51 bits per heavy atom. The van der Waals surface area contributed by atoms with E-state index in [1.807, 2.05) is 18.2 Å². The van der Waals surface area contributed by atoms with Gasteiger partial charge in [0.1, 0.15) is 11.6 Å². The number of carbonyl (C=O) groups is 1. The summed E-state index contributed by atoms with van der Waals surface area (Å²) < 4.78 is 9.92. The van der Waals surface area contributed by atoms with Gasteiger partial charge < -0.3 is 15.0 Å². The lowest BCUT2D eigenvalue weighted by atomic mass is 9.49. The lowest BCUT2D eigenvalue weighted by molar-refractivity contribution is -0.146. The Kier molecular flexibility index (Phi) is 6.43. The third-order valence-electron chi connectivity index (χ3n) is 8.83. The molecule has 2 heterocycles. The van der Waals surface area contributed by atoms with Crippen molar-refractivity contribution in [1.82, 2.24) is 19.6 Å². The highest BCUT2D eigenvalue weighted by molar-refractivity contribution is 7.09. The number of ether oxygens (including phenoxy) is 1. The monoisotopic (exact) mass is 495 g/mol. The highest BCUT2D eigenvalue weighted by atomic mass is 32.1. The van der Waals surface area contributed by atoms with E-state index in [-0.39, 0.29) is 5.41 Å². The Hall–Kier alpha value is -2.19. The van der Waals surface area contributed by atoms with Gasteiger partial charge in [-0.15, -0.1) is 0 Å². The summed E-state index contributed by atoms with van der Waals surface area (Å²) in [5.41, 5.74) is 1.13. The SMILES string of the molecule is COc1cccc(Cc2nsc(N3CCN(CCNC(=O)C45CC6CC(CC(C6)C4)C5)CC3)n2)c1. The number of nitrogens with one attached hydrogen (secondary N) is 1. The first-order valence-electron chi connectivity index (χ1n) is 13.3. The molecular weight excluding hydrogens is 458 g/mol. The first-order chi connectivity index (χ1) is 17.1. The van der Waals surface area contributed by atoms with Crippen molar-refractivity contribution < 1.29 is 9.53 Å². The molecule has 1 aromatic heterocycles. The molecule has 4 bridgehead atoms. The fourth-order valence-electron chi connectivity index (χ4n) is 7.48. The first-order valence-corrected chi connectivity index (χ1v) is 14.1. The third-order valence-corrected chi connectivity index (χ3v) is 9.64. The smallest absolute Gasteiger partial charge is 0.226 e. The Morgan fingerprint density at radius 1 is 1.11 bits per heavy atom. The van der Waals surface area contributed by atoms with Crippen LogP contribution in [0.5, 0.6) is 5.75 Å². The van der Waals surface area contributed by atoms with Gasteiger partial charge in [0.2, 0.25) is 11.0 Å². The zero-order valence-corrected chi connectivity index (χ0v) is 21.6. The number of methoxy groups -OCH3 is 1. The molecule has 1 amide bonds. The number of amides is 1. The van der Waals surface area contributed by atoms with E-state index in [4.69, 9.17) is 9.72 Å². The van der Waals surface area contributed by atoms with Gasteiger partial charge in [0.25, 0.3) is 0 Å². The number of aromatic nitrogens is 2. The van der Waals surface area contributed by atoms with Gasteiger partial charge in [0, 0.05) is 62.6 Å². The number of carbonyl (C=O) groups excluding carboxylic acids is 1. The number of piperazine rings is 1. The van der Waals surface area contributed by atoms with Gasteiger partial charge in [-0.25, -0.2) is 4.98 Å². The molecule has 0 unspecified atom stereocenters. The van der Waals surface area contributed by atoms with Crippen LogP contribution in [-0.4, -0.2) is 66.5 Å². The summed E-state index contributed by atoms with van der Waals surface area (Å²) in [6.07, 6.45) is 8.30. The van der Waals surface area contributed by atoms with Crippen molar-refractivity contribution in [3.8, 4) is 5.75 Å². The van der Waals surface area contributed by atoms with Crippen molar-refractivity contribution in [2.75, 3.05) is 51.3 Å². The van der Waals surface area contributed by atoms with Crippen molar-refractivity contribution in [1.29, 1.82) is 0 Å². The summed E-state index contributed by atoms with van der Waals surface area (Å²) in [6.45, 7) is 5.61. The second-order valence-electron chi connectivity index (χ2n) is 11.3. The predicted molar refractivity (Wildman–Crippen MR) is 138 cm³/mol. The van der Waals surface area contributed by atoms with E-state index in [1.54, 1.807) is 7.11 Å².